The molecule has 0 atom stereocenters. The van der Waals surface area contributed by atoms with Crippen molar-refractivity contribution in [3.05, 3.63) is 139 Å². The van der Waals surface area contributed by atoms with E-state index in [1.165, 1.54) is 61.2 Å². The first kappa shape index (κ1) is 19.1. The van der Waals surface area contributed by atoms with Crippen molar-refractivity contribution < 1.29 is 0 Å². The maximum Gasteiger partial charge on any atom is 0.0622 e. The lowest BCUT2D eigenvalue weighted by molar-refractivity contribution is 1.13. The van der Waals surface area contributed by atoms with Gasteiger partial charge in [0.15, 0.2) is 0 Å². The van der Waals surface area contributed by atoms with Gasteiger partial charge >= 0.3 is 0 Å². The summed E-state index contributed by atoms with van der Waals surface area (Å²) in [6.07, 6.45) is 0.940. The first-order valence-electron chi connectivity index (χ1n) is 11.8. The van der Waals surface area contributed by atoms with E-state index in [0.29, 0.717) is 0 Å². The van der Waals surface area contributed by atoms with Crippen LogP contribution in [-0.4, -0.2) is 4.57 Å². The van der Waals surface area contributed by atoms with Gasteiger partial charge in [-0.1, -0.05) is 115 Å². The number of nitrogens with zero attached hydrogens (tertiary/aromatic N) is 1. The van der Waals surface area contributed by atoms with Crippen molar-refractivity contribution in [1.82, 2.24) is 4.57 Å². The van der Waals surface area contributed by atoms with Crippen LogP contribution in [0.4, 0.5) is 0 Å². The Bertz CT molecular complexity index is 1660. The Morgan fingerprint density at radius 1 is 0.471 bits per heavy atom. The number of hydrogen-bond acceptors (Lipinski definition) is 0. The largest absolute Gasteiger partial charge is 0.308 e. The van der Waals surface area contributed by atoms with Gasteiger partial charge in [-0.05, 0) is 40.8 Å². The molecule has 1 nitrogen and oxygen atoms in total. The van der Waals surface area contributed by atoms with Crippen molar-refractivity contribution in [2.24, 2.45) is 0 Å². The highest BCUT2D eigenvalue weighted by molar-refractivity contribution is 6.11. The summed E-state index contributed by atoms with van der Waals surface area (Å²) in [7, 11) is 0. The fourth-order valence-corrected chi connectivity index (χ4v) is 5.58. The minimum Gasteiger partial charge on any atom is -0.308 e. The SMILES string of the molecule is c1ccc(-c2cccc3c4c(n(-c5ccccc5)c23)-c2ccccc2Cc2ccccc2-4)cc1. The minimum atomic E-state index is 0.940. The van der Waals surface area contributed by atoms with Crippen LogP contribution in [0.2, 0.25) is 0 Å². The molecule has 160 valence electrons. The molecule has 5 aromatic carbocycles. The molecule has 0 bridgehead atoms. The second kappa shape index (κ2) is 7.60. The van der Waals surface area contributed by atoms with Gasteiger partial charge in [0.2, 0.25) is 0 Å². The van der Waals surface area contributed by atoms with Gasteiger partial charge in [0, 0.05) is 27.8 Å². The zero-order valence-electron chi connectivity index (χ0n) is 18.8. The Hall–Kier alpha value is -4.36. The Morgan fingerprint density at radius 2 is 1.06 bits per heavy atom. The standard InChI is InChI=1S/C33H23N/c1-3-12-23(13-4-1)28-20-11-21-30-31-27-18-9-7-14-24(27)22-25-15-8-10-19-29(25)33(31)34(32(28)30)26-16-5-2-6-17-26/h1-21H,22H2. The van der Waals surface area contributed by atoms with E-state index in [-0.39, 0.29) is 0 Å². The van der Waals surface area contributed by atoms with Gasteiger partial charge in [0.1, 0.15) is 0 Å². The van der Waals surface area contributed by atoms with Crippen LogP contribution >= 0.6 is 0 Å². The van der Waals surface area contributed by atoms with Crippen LogP contribution in [0.3, 0.4) is 0 Å². The monoisotopic (exact) mass is 433 g/mol. The van der Waals surface area contributed by atoms with Crippen LogP contribution in [0.15, 0.2) is 127 Å². The van der Waals surface area contributed by atoms with Gasteiger partial charge in [0.05, 0.1) is 11.2 Å². The smallest absolute Gasteiger partial charge is 0.0622 e. The van der Waals surface area contributed by atoms with Crippen LogP contribution in [0.25, 0.3) is 50.1 Å². The Balaban J connectivity index is 1.74. The highest BCUT2D eigenvalue weighted by Gasteiger charge is 2.28. The molecule has 6 aromatic rings. The summed E-state index contributed by atoms with van der Waals surface area (Å²) in [5, 5.41) is 1.30. The number of rotatable bonds is 2. The molecule has 0 fully saturated rings. The average Bonchev–Trinajstić information content (AvgIpc) is 3.17. The molecule has 0 saturated heterocycles. The Kier molecular flexibility index (Phi) is 4.28. The molecule has 0 N–H and O–H groups in total. The quantitative estimate of drug-likeness (QED) is 0.257. The normalized spacial score (nSPS) is 12.0. The van der Waals surface area contributed by atoms with E-state index < -0.39 is 0 Å². The minimum absolute atomic E-state index is 0.940. The predicted molar refractivity (Wildman–Crippen MR) is 142 cm³/mol. The first-order chi connectivity index (χ1) is 16.9. The zero-order chi connectivity index (χ0) is 22.5. The molecular weight excluding hydrogens is 410 g/mol. The van der Waals surface area contributed by atoms with Crippen molar-refractivity contribution in [1.29, 1.82) is 0 Å². The van der Waals surface area contributed by atoms with E-state index in [4.69, 9.17) is 0 Å². The second-order valence-corrected chi connectivity index (χ2v) is 8.95. The molecule has 0 radical (unpaired) electrons. The third-order valence-electron chi connectivity index (χ3n) is 7.03. The molecule has 0 amide bonds. The predicted octanol–water partition coefficient (Wildman–Crippen LogP) is 8.54. The Labute approximate surface area is 199 Å². The van der Waals surface area contributed by atoms with Gasteiger partial charge in [0.25, 0.3) is 0 Å². The second-order valence-electron chi connectivity index (χ2n) is 8.95. The van der Waals surface area contributed by atoms with Crippen molar-refractivity contribution in [2.75, 3.05) is 0 Å². The fourth-order valence-electron chi connectivity index (χ4n) is 5.58. The van der Waals surface area contributed by atoms with Crippen LogP contribution in [0.1, 0.15) is 11.1 Å². The van der Waals surface area contributed by atoms with Crippen LogP contribution in [0.5, 0.6) is 0 Å². The van der Waals surface area contributed by atoms with Crippen LogP contribution < -0.4 is 0 Å². The van der Waals surface area contributed by atoms with Crippen molar-refractivity contribution >= 4 is 10.9 Å². The van der Waals surface area contributed by atoms with E-state index in [1.807, 2.05) is 0 Å². The number of benzene rings is 5. The maximum absolute atomic E-state index is 2.49. The Morgan fingerprint density at radius 3 is 1.82 bits per heavy atom. The fraction of sp³-hybridized carbons (Fsp3) is 0.0303. The first-order valence-corrected chi connectivity index (χ1v) is 11.8. The van der Waals surface area contributed by atoms with Crippen LogP contribution in [-0.2, 0) is 6.42 Å². The summed E-state index contributed by atoms with van der Waals surface area (Å²) in [4.78, 5) is 0. The topological polar surface area (TPSA) is 4.93 Å². The van der Waals surface area contributed by atoms with Crippen LogP contribution in [0, 0.1) is 0 Å². The summed E-state index contributed by atoms with van der Waals surface area (Å²) in [5.41, 5.74) is 12.9. The highest BCUT2D eigenvalue weighted by atomic mass is 15.0. The summed E-state index contributed by atoms with van der Waals surface area (Å²) in [6.45, 7) is 0. The third-order valence-corrected chi connectivity index (χ3v) is 7.03. The number of hydrogen-bond donors (Lipinski definition) is 0. The number of fused-ring (bicyclic) bond motifs is 7. The van der Waals surface area contributed by atoms with Gasteiger partial charge in [-0.2, -0.15) is 0 Å². The zero-order valence-corrected chi connectivity index (χ0v) is 18.8. The van der Waals surface area contributed by atoms with Gasteiger partial charge in [-0.15, -0.1) is 0 Å². The summed E-state index contributed by atoms with van der Waals surface area (Å²) in [5.74, 6) is 0. The molecule has 1 aliphatic carbocycles. The third kappa shape index (κ3) is 2.80. The lowest BCUT2D eigenvalue weighted by Crippen LogP contribution is -1.99. The average molecular weight is 434 g/mol. The molecule has 1 aliphatic rings. The molecule has 0 unspecified atom stereocenters. The van der Waals surface area contributed by atoms with E-state index >= 15 is 0 Å². The van der Waals surface area contributed by atoms with E-state index in [1.54, 1.807) is 0 Å². The summed E-state index contributed by atoms with van der Waals surface area (Å²) < 4.78 is 2.49. The summed E-state index contributed by atoms with van der Waals surface area (Å²) >= 11 is 0. The molecule has 0 saturated carbocycles. The van der Waals surface area contributed by atoms with E-state index in [9.17, 15) is 0 Å². The molecular formula is C33H23N. The number of para-hydroxylation sites is 2. The van der Waals surface area contributed by atoms with Gasteiger partial charge < -0.3 is 4.57 Å². The summed E-state index contributed by atoms with van der Waals surface area (Å²) in [6, 6.07) is 46.2. The van der Waals surface area contributed by atoms with E-state index in [0.717, 1.165) is 6.42 Å². The van der Waals surface area contributed by atoms with Gasteiger partial charge in [-0.25, -0.2) is 0 Å². The van der Waals surface area contributed by atoms with Crippen molar-refractivity contribution in [2.45, 2.75) is 6.42 Å². The lowest BCUT2D eigenvalue weighted by Gasteiger charge is -2.15. The maximum atomic E-state index is 2.49. The molecule has 1 aromatic heterocycles. The molecule has 1 heteroatoms. The van der Waals surface area contributed by atoms with Gasteiger partial charge in [-0.3, -0.25) is 0 Å². The number of aromatic nitrogens is 1. The molecule has 7 rings (SSSR count). The molecule has 1 heterocycles. The molecule has 0 spiro atoms. The molecule has 0 aliphatic heterocycles. The lowest BCUT2D eigenvalue weighted by atomic mass is 9.95. The highest BCUT2D eigenvalue weighted by Crippen LogP contribution is 2.49. The molecule has 34 heavy (non-hydrogen) atoms. The van der Waals surface area contributed by atoms with Crippen molar-refractivity contribution in [3.8, 4) is 39.2 Å². The van der Waals surface area contributed by atoms with E-state index in [2.05, 4.69) is 132 Å². The van der Waals surface area contributed by atoms with Crippen molar-refractivity contribution in [3.63, 3.8) is 0 Å².